The number of aromatic nitrogens is 4. The zero-order valence-electron chi connectivity index (χ0n) is 19.9. The van der Waals surface area contributed by atoms with E-state index in [4.69, 9.17) is 4.74 Å². The second-order valence-corrected chi connectivity index (χ2v) is 9.01. The summed E-state index contributed by atoms with van der Waals surface area (Å²) in [4.78, 5) is 21.1. The van der Waals surface area contributed by atoms with Gasteiger partial charge in [0.25, 0.3) is 0 Å². The Morgan fingerprint density at radius 1 is 1.16 bits per heavy atom. The molecule has 0 bridgehead atoms. The van der Waals surface area contributed by atoms with Crippen molar-refractivity contribution in [2.24, 2.45) is 5.92 Å². The van der Waals surface area contributed by atoms with Gasteiger partial charge in [0.15, 0.2) is 5.92 Å². The lowest BCUT2D eigenvalue weighted by atomic mass is 9.96. The minimum absolute atomic E-state index is 0.0670. The molecule has 0 aromatic carbocycles. The van der Waals surface area contributed by atoms with Crippen LogP contribution in [0.25, 0.3) is 0 Å². The molecule has 1 amide bonds. The van der Waals surface area contributed by atoms with Crippen LogP contribution in [0.2, 0.25) is 0 Å². The van der Waals surface area contributed by atoms with Gasteiger partial charge in [-0.25, -0.2) is 15.4 Å². The van der Waals surface area contributed by atoms with Crippen LogP contribution >= 0.6 is 0 Å². The Bertz CT molecular complexity index is 1090. The minimum atomic E-state index is -4.69. The van der Waals surface area contributed by atoms with E-state index in [0.717, 1.165) is 18.1 Å². The number of rotatable bonds is 7. The lowest BCUT2D eigenvalue weighted by Gasteiger charge is -2.35. The fraction of sp³-hybridized carbons (Fsp3) is 0.619. The van der Waals surface area contributed by atoms with E-state index < -0.39 is 47.9 Å². The van der Waals surface area contributed by atoms with Crippen molar-refractivity contribution in [1.82, 2.24) is 35.9 Å². The van der Waals surface area contributed by atoms with E-state index in [1.54, 1.807) is 29.5 Å². The maximum atomic E-state index is 13.3. The highest BCUT2D eigenvalue weighted by Crippen LogP contribution is 2.31. The van der Waals surface area contributed by atoms with Gasteiger partial charge in [0.1, 0.15) is 0 Å². The maximum Gasteiger partial charge on any atom is 0.419 e. The third-order valence-electron chi connectivity index (χ3n) is 6.15. The SMILES string of the molecule is C[C@@H](CO[C@H](C)c1cc2n(n1)CCN(c1ncc(C(F)(F)F)cn1)C2)NC1CNNC(=O)C1C(F)(F)F. The highest BCUT2D eigenvalue weighted by Gasteiger charge is 2.51. The second kappa shape index (κ2) is 10.4. The Kier molecular flexibility index (Phi) is 7.62. The zero-order valence-corrected chi connectivity index (χ0v) is 19.9. The molecule has 3 N–H and O–H groups in total. The maximum absolute atomic E-state index is 13.3. The van der Waals surface area contributed by atoms with Crippen molar-refractivity contribution in [3.63, 3.8) is 0 Å². The summed E-state index contributed by atoms with van der Waals surface area (Å²) < 4.78 is 85.8. The van der Waals surface area contributed by atoms with Crippen molar-refractivity contribution >= 4 is 11.9 Å². The molecule has 204 valence electrons. The number of alkyl halides is 6. The Balaban J connectivity index is 1.32. The van der Waals surface area contributed by atoms with Gasteiger partial charge in [-0.05, 0) is 19.9 Å². The van der Waals surface area contributed by atoms with Crippen LogP contribution in [0.3, 0.4) is 0 Å². The molecule has 2 aliphatic rings. The highest BCUT2D eigenvalue weighted by molar-refractivity contribution is 5.80. The highest BCUT2D eigenvalue weighted by atomic mass is 19.4. The van der Waals surface area contributed by atoms with Crippen LogP contribution in [0, 0.1) is 5.92 Å². The van der Waals surface area contributed by atoms with Crippen LogP contribution in [-0.2, 0) is 28.8 Å². The molecule has 1 saturated heterocycles. The van der Waals surface area contributed by atoms with E-state index in [9.17, 15) is 31.1 Å². The Hall–Kier alpha value is -2.98. The number of hydrazine groups is 1. The minimum Gasteiger partial charge on any atom is -0.371 e. The first-order valence-electron chi connectivity index (χ1n) is 11.5. The molecule has 0 radical (unpaired) electrons. The largest absolute Gasteiger partial charge is 0.419 e. The molecule has 1 fully saturated rings. The average Bonchev–Trinajstić information content (AvgIpc) is 3.25. The van der Waals surface area contributed by atoms with Crippen LogP contribution in [0.1, 0.15) is 36.9 Å². The first-order valence-corrected chi connectivity index (χ1v) is 11.5. The number of carbonyl (C=O) groups excluding carboxylic acids is 1. The van der Waals surface area contributed by atoms with Gasteiger partial charge >= 0.3 is 12.4 Å². The number of nitrogens with one attached hydrogen (secondary N) is 3. The second-order valence-electron chi connectivity index (χ2n) is 9.01. The van der Waals surface area contributed by atoms with Crippen molar-refractivity contribution in [2.45, 2.75) is 57.5 Å². The molecule has 4 atom stereocenters. The number of carbonyl (C=O) groups is 1. The summed E-state index contributed by atoms with van der Waals surface area (Å²) in [7, 11) is 0. The summed E-state index contributed by atoms with van der Waals surface area (Å²) in [6.45, 7) is 4.62. The van der Waals surface area contributed by atoms with E-state index in [1.165, 1.54) is 0 Å². The number of hydrogen-bond acceptors (Lipinski definition) is 8. The molecule has 2 aromatic heterocycles. The standard InChI is InChI=1S/C21H26F6N8O2/c1-11(31-16-8-30-32-18(36)17(16)21(25,26)27)10-37-12(2)15-5-14-9-34(3-4-35(14)33-15)19-28-6-13(7-29-19)20(22,23)24/h5-7,11-12,16-17,30-31H,3-4,8-10H2,1-2H3,(H,32,36)/t11-,12+,16?,17?/m0/s1. The predicted molar refractivity (Wildman–Crippen MR) is 117 cm³/mol. The van der Waals surface area contributed by atoms with Gasteiger partial charge in [-0.3, -0.25) is 14.9 Å². The monoisotopic (exact) mass is 536 g/mol. The van der Waals surface area contributed by atoms with Crippen LogP contribution in [0.15, 0.2) is 18.5 Å². The molecule has 2 unspecified atom stereocenters. The van der Waals surface area contributed by atoms with Crippen LogP contribution in [-0.4, -0.2) is 63.6 Å². The first-order chi connectivity index (χ1) is 17.3. The number of hydrogen-bond donors (Lipinski definition) is 3. The predicted octanol–water partition coefficient (Wildman–Crippen LogP) is 1.95. The summed E-state index contributed by atoms with van der Waals surface area (Å²) in [5.41, 5.74) is 4.94. The summed E-state index contributed by atoms with van der Waals surface area (Å²) in [5, 5.41) is 7.33. The topological polar surface area (TPSA) is 109 Å². The number of ether oxygens (including phenoxy) is 1. The van der Waals surface area contributed by atoms with Gasteiger partial charge in [0, 0.05) is 37.6 Å². The van der Waals surface area contributed by atoms with Crippen molar-refractivity contribution in [3.8, 4) is 0 Å². The Labute approximate surface area is 207 Å². The Morgan fingerprint density at radius 2 is 1.86 bits per heavy atom. The molecule has 10 nitrogen and oxygen atoms in total. The fourth-order valence-corrected chi connectivity index (χ4v) is 4.23. The van der Waals surface area contributed by atoms with Gasteiger partial charge in [0.2, 0.25) is 11.9 Å². The quantitative estimate of drug-likeness (QED) is 0.461. The van der Waals surface area contributed by atoms with Crippen molar-refractivity contribution in [1.29, 1.82) is 0 Å². The lowest BCUT2D eigenvalue weighted by molar-refractivity contribution is -0.193. The number of anilines is 1. The van der Waals surface area contributed by atoms with E-state index in [2.05, 4.69) is 25.8 Å². The van der Waals surface area contributed by atoms with Gasteiger partial charge in [-0.2, -0.15) is 31.4 Å². The molecule has 2 aromatic rings. The number of fused-ring (bicyclic) bond motifs is 1. The summed E-state index contributed by atoms with van der Waals surface area (Å²) >= 11 is 0. The van der Waals surface area contributed by atoms with E-state index in [0.29, 0.717) is 25.3 Å². The van der Waals surface area contributed by atoms with E-state index in [1.807, 2.05) is 5.43 Å². The molecule has 16 heteroatoms. The smallest absolute Gasteiger partial charge is 0.371 e. The molecule has 0 saturated carbocycles. The molecule has 0 aliphatic carbocycles. The first kappa shape index (κ1) is 27.1. The molecule has 37 heavy (non-hydrogen) atoms. The zero-order chi connectivity index (χ0) is 27.0. The van der Waals surface area contributed by atoms with Crippen molar-refractivity contribution < 1.29 is 35.9 Å². The van der Waals surface area contributed by atoms with Crippen LogP contribution in [0.4, 0.5) is 32.3 Å². The lowest BCUT2D eigenvalue weighted by Crippen LogP contribution is -2.64. The molecular formula is C21H26F6N8O2. The van der Waals surface area contributed by atoms with Crippen molar-refractivity contribution in [2.75, 3.05) is 24.6 Å². The van der Waals surface area contributed by atoms with Crippen LogP contribution < -0.4 is 21.1 Å². The molecule has 4 rings (SSSR count). The molecule has 2 aliphatic heterocycles. The summed E-state index contributed by atoms with van der Waals surface area (Å²) in [6.07, 6.45) is -8.19. The van der Waals surface area contributed by atoms with Crippen LogP contribution in [0.5, 0.6) is 0 Å². The number of amides is 1. The average molecular weight is 536 g/mol. The third-order valence-corrected chi connectivity index (χ3v) is 6.15. The van der Waals surface area contributed by atoms with E-state index >= 15 is 0 Å². The molecule has 4 heterocycles. The normalized spacial score (nSPS) is 22.4. The third kappa shape index (κ3) is 6.30. The summed E-state index contributed by atoms with van der Waals surface area (Å²) in [6, 6.07) is 0.157. The van der Waals surface area contributed by atoms with Gasteiger partial charge in [0.05, 0.1) is 42.8 Å². The number of halogens is 6. The van der Waals surface area contributed by atoms with Gasteiger partial charge < -0.3 is 15.0 Å². The number of nitrogens with zero attached hydrogens (tertiary/aromatic N) is 5. The fourth-order valence-electron chi connectivity index (χ4n) is 4.23. The Morgan fingerprint density at radius 3 is 2.51 bits per heavy atom. The molecule has 0 spiro atoms. The van der Waals surface area contributed by atoms with E-state index in [-0.39, 0.29) is 19.1 Å². The van der Waals surface area contributed by atoms with Crippen molar-refractivity contribution in [3.05, 3.63) is 35.4 Å². The summed E-state index contributed by atoms with van der Waals surface area (Å²) in [5.74, 6) is -3.14. The van der Waals surface area contributed by atoms with Gasteiger partial charge in [-0.15, -0.1) is 0 Å². The van der Waals surface area contributed by atoms with Gasteiger partial charge in [-0.1, -0.05) is 0 Å². The molecular weight excluding hydrogens is 510 g/mol.